The minimum atomic E-state index is -0.528. The number of H-pyrrole nitrogens is 1. The molecule has 36 heavy (non-hydrogen) atoms. The number of aromatic amines is 1. The summed E-state index contributed by atoms with van der Waals surface area (Å²) < 4.78 is 4.48. The quantitative estimate of drug-likeness (QED) is 0.279. The Labute approximate surface area is 210 Å². The Morgan fingerprint density at radius 3 is 2.64 bits per heavy atom. The monoisotopic (exact) mass is 501 g/mol. The van der Waals surface area contributed by atoms with Crippen molar-refractivity contribution in [2.24, 2.45) is 0 Å². The summed E-state index contributed by atoms with van der Waals surface area (Å²) >= 11 is 1.35. The molecule has 0 atom stereocenters. The highest BCUT2D eigenvalue weighted by molar-refractivity contribution is 7.09. The number of carbonyl (C=O) groups is 2. The first-order chi connectivity index (χ1) is 17.6. The van der Waals surface area contributed by atoms with Gasteiger partial charge in [0.2, 0.25) is 5.13 Å². The van der Waals surface area contributed by atoms with Crippen LogP contribution in [0.5, 0.6) is 0 Å². The standard InChI is InChI=1S/C24H23N9O2S/c1-15-13-26-22(33-8-7-27-30-33)19-18(15)17(14-25-19)20(34)23(35)31-9-11-32(12-10-31)24-28-21(29-36-24)16-5-3-2-4-6-16/h2-8,13-14,25,27,30H,9-12H2,1H3. The highest BCUT2D eigenvalue weighted by Gasteiger charge is 2.30. The maximum Gasteiger partial charge on any atom is 0.295 e. The fraction of sp³-hybridized carbons (Fsp3) is 0.208. The lowest BCUT2D eigenvalue weighted by Crippen LogP contribution is -2.50. The number of nitrogens with one attached hydrogen (secondary N) is 3. The van der Waals surface area contributed by atoms with Crippen molar-refractivity contribution >= 4 is 45.1 Å². The number of carbonyl (C=O) groups excluding carboxylic acids is 2. The molecule has 6 rings (SSSR count). The minimum Gasteiger partial charge on any atom is -0.357 e. The number of pyridine rings is 1. The van der Waals surface area contributed by atoms with Gasteiger partial charge in [-0.1, -0.05) is 30.3 Å². The molecule has 3 N–H and O–H groups in total. The summed E-state index contributed by atoms with van der Waals surface area (Å²) in [6.07, 6.45) is 6.81. The Balaban J connectivity index is 1.16. The van der Waals surface area contributed by atoms with E-state index in [-0.39, 0.29) is 0 Å². The Bertz CT molecular complexity index is 1470. The van der Waals surface area contributed by atoms with Crippen LogP contribution in [0.2, 0.25) is 0 Å². The van der Waals surface area contributed by atoms with Crippen molar-refractivity contribution in [2.45, 2.75) is 6.92 Å². The number of hydrogen-bond acceptors (Lipinski definition) is 10. The van der Waals surface area contributed by atoms with Crippen LogP contribution in [0.4, 0.5) is 10.9 Å². The summed E-state index contributed by atoms with van der Waals surface area (Å²) in [6, 6.07) is 9.84. The summed E-state index contributed by atoms with van der Waals surface area (Å²) in [6.45, 7) is 3.93. The molecule has 2 aliphatic rings. The van der Waals surface area contributed by atoms with E-state index >= 15 is 0 Å². The lowest BCUT2D eigenvalue weighted by molar-refractivity contribution is -0.126. The number of Topliss-reactive ketones (excluding diaryl/α,β-unsaturated/α-hetero) is 1. The van der Waals surface area contributed by atoms with E-state index in [0.29, 0.717) is 54.3 Å². The molecule has 0 aliphatic carbocycles. The number of ketones is 1. The number of hydrazine groups is 2. The predicted octanol–water partition coefficient (Wildman–Crippen LogP) is 2.22. The molecule has 12 heteroatoms. The summed E-state index contributed by atoms with van der Waals surface area (Å²) in [5.74, 6) is 0.267. The number of benzene rings is 1. The molecule has 4 aromatic rings. The van der Waals surface area contributed by atoms with E-state index in [1.165, 1.54) is 11.5 Å². The molecule has 182 valence electrons. The van der Waals surface area contributed by atoms with Crippen LogP contribution in [0.25, 0.3) is 22.3 Å². The maximum absolute atomic E-state index is 13.3. The molecule has 3 aromatic heterocycles. The van der Waals surface area contributed by atoms with Crippen LogP contribution in [-0.4, -0.2) is 62.1 Å². The number of piperazine rings is 1. The van der Waals surface area contributed by atoms with E-state index in [4.69, 9.17) is 0 Å². The smallest absolute Gasteiger partial charge is 0.295 e. The van der Waals surface area contributed by atoms with Crippen LogP contribution in [0.1, 0.15) is 15.9 Å². The van der Waals surface area contributed by atoms with Crippen LogP contribution < -0.4 is 20.9 Å². The minimum absolute atomic E-state index is 0.353. The first-order valence-corrected chi connectivity index (χ1v) is 12.3. The highest BCUT2D eigenvalue weighted by Crippen LogP contribution is 2.30. The second-order valence-electron chi connectivity index (χ2n) is 8.53. The third-order valence-electron chi connectivity index (χ3n) is 6.32. The lowest BCUT2D eigenvalue weighted by atomic mass is 10.1. The second-order valence-corrected chi connectivity index (χ2v) is 9.26. The van der Waals surface area contributed by atoms with Gasteiger partial charge in [-0.25, -0.2) is 9.99 Å². The molecule has 1 aromatic carbocycles. The van der Waals surface area contributed by atoms with Gasteiger partial charge in [0.1, 0.15) is 0 Å². The van der Waals surface area contributed by atoms with Gasteiger partial charge in [-0.15, -0.1) is 5.53 Å². The number of amides is 1. The Morgan fingerprint density at radius 2 is 1.89 bits per heavy atom. The topological polar surface area (TPSA) is 122 Å². The third-order valence-corrected chi connectivity index (χ3v) is 7.10. The summed E-state index contributed by atoms with van der Waals surface area (Å²) in [4.78, 5) is 42.5. The van der Waals surface area contributed by atoms with Crippen molar-refractivity contribution in [1.82, 2.24) is 35.2 Å². The SMILES string of the molecule is Cc1cnc(N2C=CNN2)c2[nH]cc(C(=O)C(=O)N3CCN(c4nc(-c5ccccc5)ns4)CC3)c12. The highest BCUT2D eigenvalue weighted by atomic mass is 32.1. The largest absolute Gasteiger partial charge is 0.357 e. The Hall–Kier alpha value is -4.29. The molecule has 0 radical (unpaired) electrons. The number of fused-ring (bicyclic) bond motifs is 1. The van der Waals surface area contributed by atoms with E-state index in [1.54, 1.807) is 34.7 Å². The van der Waals surface area contributed by atoms with Crippen LogP contribution >= 0.6 is 11.5 Å². The molecule has 2 aliphatic heterocycles. The third kappa shape index (κ3) is 3.85. The molecule has 0 unspecified atom stereocenters. The van der Waals surface area contributed by atoms with Gasteiger partial charge in [0.05, 0.1) is 11.1 Å². The molecular weight excluding hydrogens is 478 g/mol. The summed E-state index contributed by atoms with van der Waals surface area (Å²) in [5.41, 5.74) is 8.63. The predicted molar refractivity (Wildman–Crippen MR) is 137 cm³/mol. The zero-order chi connectivity index (χ0) is 24.6. The Kier molecular flexibility index (Phi) is 5.58. The molecule has 11 nitrogen and oxygen atoms in total. The van der Waals surface area contributed by atoms with Crippen LogP contribution in [0.15, 0.2) is 55.1 Å². The van der Waals surface area contributed by atoms with Gasteiger partial charge in [-0.3, -0.25) is 9.59 Å². The van der Waals surface area contributed by atoms with E-state index in [1.807, 2.05) is 37.3 Å². The molecule has 1 fully saturated rings. The second kappa shape index (κ2) is 9.06. The molecule has 1 saturated heterocycles. The van der Waals surface area contributed by atoms with Gasteiger partial charge in [-0.2, -0.15) is 9.36 Å². The number of aromatic nitrogens is 4. The van der Waals surface area contributed by atoms with Crippen LogP contribution in [0, 0.1) is 6.92 Å². The van der Waals surface area contributed by atoms with Crippen molar-refractivity contribution < 1.29 is 9.59 Å². The number of hydrogen-bond donors (Lipinski definition) is 3. The molecule has 5 heterocycles. The fourth-order valence-corrected chi connectivity index (χ4v) is 5.19. The average molecular weight is 502 g/mol. The van der Waals surface area contributed by atoms with Gasteiger partial charge in [-0.05, 0) is 12.5 Å². The van der Waals surface area contributed by atoms with Gasteiger partial charge >= 0.3 is 0 Å². The van der Waals surface area contributed by atoms with Gasteiger partial charge in [0.25, 0.3) is 11.7 Å². The number of anilines is 2. The molecule has 1 amide bonds. The molecule has 0 saturated carbocycles. The van der Waals surface area contributed by atoms with Crippen molar-refractivity contribution in [3.8, 4) is 11.4 Å². The van der Waals surface area contributed by atoms with Gasteiger partial charge < -0.3 is 20.2 Å². The van der Waals surface area contributed by atoms with E-state index < -0.39 is 11.7 Å². The maximum atomic E-state index is 13.3. The molecule has 0 spiro atoms. The van der Waals surface area contributed by atoms with Crippen molar-refractivity contribution in [3.05, 3.63) is 66.3 Å². The summed E-state index contributed by atoms with van der Waals surface area (Å²) in [7, 11) is 0. The first-order valence-electron chi connectivity index (χ1n) is 11.5. The van der Waals surface area contributed by atoms with Gasteiger partial charge in [0, 0.05) is 73.5 Å². The van der Waals surface area contributed by atoms with E-state index in [9.17, 15) is 9.59 Å². The molecular formula is C24H23N9O2S. The van der Waals surface area contributed by atoms with Crippen molar-refractivity contribution in [3.63, 3.8) is 0 Å². The van der Waals surface area contributed by atoms with Crippen LogP contribution in [-0.2, 0) is 4.79 Å². The number of aryl methyl sites for hydroxylation is 1. The first kappa shape index (κ1) is 22.2. The summed E-state index contributed by atoms with van der Waals surface area (Å²) in [5, 5.41) is 3.21. The lowest BCUT2D eigenvalue weighted by Gasteiger charge is -2.33. The average Bonchev–Trinajstić information content (AvgIpc) is 3.70. The van der Waals surface area contributed by atoms with Crippen molar-refractivity contribution in [2.75, 3.05) is 36.1 Å². The normalized spacial score (nSPS) is 15.5. The van der Waals surface area contributed by atoms with E-state index in [0.717, 1.165) is 16.3 Å². The number of nitrogens with zero attached hydrogens (tertiary/aromatic N) is 6. The zero-order valence-electron chi connectivity index (χ0n) is 19.4. The van der Waals surface area contributed by atoms with Gasteiger partial charge in [0.15, 0.2) is 11.6 Å². The number of rotatable bonds is 5. The molecule has 0 bridgehead atoms. The van der Waals surface area contributed by atoms with Crippen LogP contribution in [0.3, 0.4) is 0 Å². The Morgan fingerprint density at radius 1 is 1.08 bits per heavy atom. The fourth-order valence-electron chi connectivity index (χ4n) is 4.45. The van der Waals surface area contributed by atoms with Crippen molar-refractivity contribution in [1.29, 1.82) is 0 Å². The zero-order valence-corrected chi connectivity index (χ0v) is 20.2. The van der Waals surface area contributed by atoms with E-state index in [2.05, 4.69) is 35.2 Å².